The van der Waals surface area contributed by atoms with E-state index in [1.54, 1.807) is 0 Å². The minimum Gasteiger partial charge on any atom is -0.393 e. The van der Waals surface area contributed by atoms with Crippen LogP contribution in [-0.4, -0.2) is 23.4 Å². The van der Waals surface area contributed by atoms with Gasteiger partial charge in [-0.05, 0) is 93.3 Å². The van der Waals surface area contributed by atoms with Gasteiger partial charge in [0.1, 0.15) is 0 Å². The van der Waals surface area contributed by atoms with Crippen LogP contribution in [0.15, 0.2) is 0 Å². The lowest BCUT2D eigenvalue weighted by atomic mass is 9.42. The van der Waals surface area contributed by atoms with Gasteiger partial charge in [0.05, 0.1) is 11.7 Å². The summed E-state index contributed by atoms with van der Waals surface area (Å²) in [6.45, 7) is 13.1. The van der Waals surface area contributed by atoms with E-state index in [1.165, 1.54) is 57.8 Å². The molecule has 0 spiro atoms. The fourth-order valence-electron chi connectivity index (χ4n) is 9.35. The van der Waals surface area contributed by atoms with Crippen LogP contribution in [0.1, 0.15) is 105 Å². The molecule has 4 aliphatic rings. The summed E-state index contributed by atoms with van der Waals surface area (Å²) >= 11 is 0. The Bertz CT molecular complexity index is 561. The minimum atomic E-state index is -0.0669. The summed E-state index contributed by atoms with van der Waals surface area (Å²) in [7, 11) is 0. The monoisotopic (exact) mass is 390 g/mol. The molecule has 2 heteroatoms. The van der Waals surface area contributed by atoms with Gasteiger partial charge in [-0.1, -0.05) is 47.0 Å². The normalized spacial score (nSPS) is 51.9. The fraction of sp³-hybridized carbons (Fsp3) is 1.00. The molecule has 4 rings (SSSR count). The zero-order valence-corrected chi connectivity index (χ0v) is 19.3. The maximum atomic E-state index is 11.2. The number of aliphatic hydroxyl groups is 1. The van der Waals surface area contributed by atoms with E-state index in [4.69, 9.17) is 4.74 Å². The molecule has 0 aromatic heterocycles. The number of hydrogen-bond donors (Lipinski definition) is 1. The molecule has 4 saturated carbocycles. The Morgan fingerprint density at radius 3 is 2.43 bits per heavy atom. The molecule has 28 heavy (non-hydrogen) atoms. The van der Waals surface area contributed by atoms with Crippen molar-refractivity contribution in [3.05, 3.63) is 0 Å². The Kier molecular flexibility index (Phi) is 5.71. The van der Waals surface area contributed by atoms with Crippen LogP contribution in [0.2, 0.25) is 0 Å². The number of ether oxygens (including phenoxy) is 1. The van der Waals surface area contributed by atoms with Crippen molar-refractivity contribution in [2.24, 2.45) is 40.4 Å². The van der Waals surface area contributed by atoms with E-state index in [-0.39, 0.29) is 11.7 Å². The highest BCUT2D eigenvalue weighted by Crippen LogP contribution is 2.71. The van der Waals surface area contributed by atoms with E-state index >= 15 is 0 Å². The van der Waals surface area contributed by atoms with Gasteiger partial charge in [-0.3, -0.25) is 0 Å². The smallest absolute Gasteiger partial charge is 0.0715 e. The summed E-state index contributed by atoms with van der Waals surface area (Å²) in [4.78, 5) is 0. The van der Waals surface area contributed by atoms with E-state index in [2.05, 4.69) is 34.6 Å². The molecule has 0 saturated heterocycles. The lowest BCUT2D eigenvalue weighted by molar-refractivity contribution is -0.208. The summed E-state index contributed by atoms with van der Waals surface area (Å²) in [6.07, 6.45) is 14.0. The molecule has 4 aliphatic carbocycles. The highest BCUT2D eigenvalue weighted by atomic mass is 16.5. The first-order valence-electron chi connectivity index (χ1n) is 12.7. The SMILES string of the molecule is CCCOC1(C)CCC2C3CC(O)C4CCCCC4(C)C3CCC21C(C)CC. The molecule has 4 fully saturated rings. The van der Waals surface area contributed by atoms with E-state index in [1.807, 2.05) is 0 Å². The third-order valence-electron chi connectivity index (χ3n) is 10.8. The average Bonchev–Trinajstić information content (AvgIpc) is 3.00. The third-order valence-corrected chi connectivity index (χ3v) is 10.8. The maximum absolute atomic E-state index is 11.2. The van der Waals surface area contributed by atoms with E-state index < -0.39 is 0 Å². The van der Waals surface area contributed by atoms with Gasteiger partial charge in [0, 0.05) is 12.0 Å². The molecule has 1 N–H and O–H groups in total. The molecule has 9 atom stereocenters. The molecule has 162 valence electrons. The van der Waals surface area contributed by atoms with Crippen molar-refractivity contribution in [3.8, 4) is 0 Å². The minimum absolute atomic E-state index is 0.0311. The van der Waals surface area contributed by atoms with E-state index in [0.717, 1.165) is 31.3 Å². The van der Waals surface area contributed by atoms with Crippen molar-refractivity contribution < 1.29 is 9.84 Å². The Morgan fingerprint density at radius 2 is 1.71 bits per heavy atom. The largest absolute Gasteiger partial charge is 0.393 e. The maximum Gasteiger partial charge on any atom is 0.0715 e. The molecule has 0 aromatic carbocycles. The van der Waals surface area contributed by atoms with Gasteiger partial charge in [0.2, 0.25) is 0 Å². The van der Waals surface area contributed by atoms with Crippen molar-refractivity contribution in [1.82, 2.24) is 0 Å². The first-order valence-corrected chi connectivity index (χ1v) is 12.7. The molecule has 9 unspecified atom stereocenters. The second-order valence-electron chi connectivity index (χ2n) is 11.5. The topological polar surface area (TPSA) is 29.5 Å². The first kappa shape index (κ1) is 21.2. The molecule has 0 heterocycles. The van der Waals surface area contributed by atoms with Gasteiger partial charge >= 0.3 is 0 Å². The molecular weight excluding hydrogens is 344 g/mol. The summed E-state index contributed by atoms with van der Waals surface area (Å²) < 4.78 is 6.71. The Balaban J connectivity index is 1.70. The second-order valence-corrected chi connectivity index (χ2v) is 11.5. The van der Waals surface area contributed by atoms with Gasteiger partial charge < -0.3 is 9.84 Å². The molecule has 0 bridgehead atoms. The Morgan fingerprint density at radius 1 is 0.964 bits per heavy atom. The van der Waals surface area contributed by atoms with Crippen molar-refractivity contribution in [3.63, 3.8) is 0 Å². The molecule has 0 amide bonds. The summed E-state index contributed by atoms with van der Waals surface area (Å²) in [5.41, 5.74) is 0.727. The van der Waals surface area contributed by atoms with Gasteiger partial charge in [0.15, 0.2) is 0 Å². The van der Waals surface area contributed by atoms with Crippen molar-refractivity contribution >= 4 is 0 Å². The Labute approximate surface area is 174 Å². The van der Waals surface area contributed by atoms with Gasteiger partial charge in [0.25, 0.3) is 0 Å². The standard InChI is InChI=1S/C26H46O2/c1-6-16-28-25(5)14-11-21-19-17-23(27)22-10-8-9-13-24(22,4)20(19)12-15-26(21,25)18(3)7-2/h18-23,27H,6-17H2,1-5H3. The quantitative estimate of drug-likeness (QED) is 0.573. The zero-order valence-electron chi connectivity index (χ0n) is 19.3. The second kappa shape index (κ2) is 7.56. The van der Waals surface area contributed by atoms with Crippen LogP contribution in [0.4, 0.5) is 0 Å². The number of rotatable bonds is 5. The summed E-state index contributed by atoms with van der Waals surface area (Å²) in [6, 6.07) is 0. The molecule has 2 nitrogen and oxygen atoms in total. The highest BCUT2D eigenvalue weighted by molar-refractivity contribution is 5.16. The van der Waals surface area contributed by atoms with E-state index in [0.29, 0.717) is 28.6 Å². The molecule has 0 aromatic rings. The highest BCUT2D eigenvalue weighted by Gasteiger charge is 2.67. The lowest BCUT2D eigenvalue weighted by Gasteiger charge is -2.64. The van der Waals surface area contributed by atoms with Gasteiger partial charge in [-0.15, -0.1) is 0 Å². The lowest BCUT2D eigenvalue weighted by Crippen LogP contribution is -2.61. The number of aliphatic hydroxyl groups excluding tert-OH is 1. The van der Waals surface area contributed by atoms with Gasteiger partial charge in [-0.25, -0.2) is 0 Å². The van der Waals surface area contributed by atoms with Crippen LogP contribution in [0, 0.1) is 40.4 Å². The van der Waals surface area contributed by atoms with Crippen LogP contribution < -0.4 is 0 Å². The molecule has 0 aliphatic heterocycles. The number of hydrogen-bond acceptors (Lipinski definition) is 2. The number of fused-ring (bicyclic) bond motifs is 5. The molecular formula is C26H46O2. The average molecular weight is 391 g/mol. The van der Waals surface area contributed by atoms with Crippen molar-refractivity contribution in [2.75, 3.05) is 6.61 Å². The summed E-state index contributed by atoms with van der Waals surface area (Å²) in [5.74, 6) is 3.55. The van der Waals surface area contributed by atoms with Crippen LogP contribution in [-0.2, 0) is 4.74 Å². The van der Waals surface area contributed by atoms with Crippen LogP contribution in [0.3, 0.4) is 0 Å². The van der Waals surface area contributed by atoms with Gasteiger partial charge in [-0.2, -0.15) is 0 Å². The fourth-order valence-corrected chi connectivity index (χ4v) is 9.35. The van der Waals surface area contributed by atoms with Crippen LogP contribution in [0.25, 0.3) is 0 Å². The van der Waals surface area contributed by atoms with Crippen LogP contribution >= 0.6 is 0 Å². The zero-order chi connectivity index (χ0) is 20.2. The molecule has 0 radical (unpaired) electrons. The predicted molar refractivity (Wildman–Crippen MR) is 116 cm³/mol. The third kappa shape index (κ3) is 2.79. The summed E-state index contributed by atoms with van der Waals surface area (Å²) in [5, 5.41) is 11.2. The van der Waals surface area contributed by atoms with Crippen molar-refractivity contribution in [1.29, 1.82) is 0 Å². The first-order chi connectivity index (χ1) is 13.3. The predicted octanol–water partition coefficient (Wildman–Crippen LogP) is 6.60. The van der Waals surface area contributed by atoms with E-state index in [9.17, 15) is 5.11 Å². The van der Waals surface area contributed by atoms with Crippen LogP contribution in [0.5, 0.6) is 0 Å². The Hall–Kier alpha value is -0.0800. The van der Waals surface area contributed by atoms with Crippen molar-refractivity contribution in [2.45, 2.75) is 117 Å².